The van der Waals surface area contributed by atoms with Crippen molar-refractivity contribution in [3.8, 4) is 0 Å². The van der Waals surface area contributed by atoms with Gasteiger partial charge < -0.3 is 57.5 Å². The van der Waals surface area contributed by atoms with Gasteiger partial charge in [0.15, 0.2) is 0 Å². The van der Waals surface area contributed by atoms with Crippen LogP contribution >= 0.6 is 11.8 Å². The smallest absolute Gasteiger partial charge is 0.407 e. The van der Waals surface area contributed by atoms with E-state index in [9.17, 15) is 14.4 Å². The highest BCUT2D eigenvalue weighted by molar-refractivity contribution is 7.99. The van der Waals surface area contributed by atoms with E-state index in [0.717, 1.165) is 121 Å². The van der Waals surface area contributed by atoms with E-state index in [0.29, 0.717) is 76.7 Å². The molecule has 0 unspecified atom stereocenters. The molecule has 0 spiro atoms. The monoisotopic (exact) mass is 917 g/mol. The number of aromatic nitrogens is 1. The van der Waals surface area contributed by atoms with Gasteiger partial charge in [0, 0.05) is 100 Å². The summed E-state index contributed by atoms with van der Waals surface area (Å²) in [4.78, 5) is 47.5. The second-order valence-corrected chi connectivity index (χ2v) is 18.9. The third-order valence-corrected chi connectivity index (χ3v) is 13.8. The van der Waals surface area contributed by atoms with E-state index in [1.54, 1.807) is 4.90 Å². The lowest BCUT2D eigenvalue weighted by Gasteiger charge is -2.34. The Hall–Kier alpha value is -2.93. The van der Waals surface area contributed by atoms with Crippen LogP contribution in [0, 0.1) is 0 Å². The number of nitrogens with two attached hydrogens (primary N) is 1. The van der Waals surface area contributed by atoms with Gasteiger partial charge in [0.2, 0.25) is 0 Å². The maximum atomic E-state index is 12.7. The van der Waals surface area contributed by atoms with Gasteiger partial charge in [0.1, 0.15) is 0 Å². The van der Waals surface area contributed by atoms with Crippen LogP contribution in [0.5, 0.6) is 0 Å². The summed E-state index contributed by atoms with van der Waals surface area (Å²) in [6.07, 6.45) is 19.1. The molecule has 1 aromatic heterocycles. The molecule has 2 saturated carbocycles. The fraction of sp³-hybridized carbons (Fsp3) is 0.830. The van der Waals surface area contributed by atoms with Crippen molar-refractivity contribution < 1.29 is 19.1 Å². The molecule has 0 saturated heterocycles. The molecule has 0 radical (unpaired) electrons. The fourth-order valence-electron chi connectivity index (χ4n) is 8.94. The molecule has 2 bridgehead atoms. The molecule has 4 atom stereocenters. The molecule has 2 fully saturated rings. The predicted octanol–water partition coefficient (Wildman–Crippen LogP) is 5.36. The molecule has 4 rings (SSSR count). The molecule has 64 heavy (non-hydrogen) atoms. The van der Waals surface area contributed by atoms with Crippen LogP contribution < -0.4 is 48.3 Å². The quantitative estimate of drug-likeness (QED) is 0.0328. The Balaban J connectivity index is 1.02. The highest BCUT2D eigenvalue weighted by Crippen LogP contribution is 2.24. The Morgan fingerprint density at radius 2 is 1.19 bits per heavy atom. The Labute approximate surface area is 390 Å². The summed E-state index contributed by atoms with van der Waals surface area (Å²) in [7, 11) is 0. The summed E-state index contributed by atoms with van der Waals surface area (Å²) in [5.74, 6) is 0.861. The maximum absolute atomic E-state index is 12.7. The predicted molar refractivity (Wildman–Crippen MR) is 261 cm³/mol. The topological polar surface area (TPSA) is 202 Å². The normalized spacial score (nSPS) is 20.4. The number of carbonyl (C=O) groups excluding carboxylic acids is 3. The number of hydrogen-bond acceptors (Lipinski definition) is 12. The van der Waals surface area contributed by atoms with Crippen LogP contribution in [0.15, 0.2) is 17.0 Å². The number of hydrogen-bond donors (Lipinski definition) is 9. The highest BCUT2D eigenvalue weighted by atomic mass is 32.2. The maximum Gasteiger partial charge on any atom is 0.407 e. The molecule has 3 aliphatic rings. The minimum Gasteiger partial charge on any atom is -0.450 e. The van der Waals surface area contributed by atoms with Gasteiger partial charge in [-0.2, -0.15) is 0 Å². The van der Waals surface area contributed by atoms with Crippen LogP contribution in [0.25, 0.3) is 0 Å². The van der Waals surface area contributed by atoms with E-state index in [4.69, 9.17) is 15.5 Å². The van der Waals surface area contributed by atoms with Crippen LogP contribution in [-0.2, 0) is 17.8 Å². The molecular weight excluding hydrogens is 829 g/mol. The first-order valence-corrected chi connectivity index (χ1v) is 26.3. The average Bonchev–Trinajstić information content (AvgIpc) is 3.31. The van der Waals surface area contributed by atoms with Gasteiger partial charge in [-0.1, -0.05) is 51.4 Å². The molecule has 2 heterocycles. The minimum atomic E-state index is -0.361. The Bertz CT molecular complexity index is 1380. The third-order valence-electron chi connectivity index (χ3n) is 12.7. The molecule has 16 nitrogen and oxygen atoms in total. The number of alkyl carbamates (subject to hydrolysis) is 1. The number of urea groups is 2. The Morgan fingerprint density at radius 3 is 1.73 bits per heavy atom. The molecule has 366 valence electrons. The van der Waals surface area contributed by atoms with E-state index in [1.165, 1.54) is 56.3 Å². The second kappa shape index (κ2) is 33.5. The van der Waals surface area contributed by atoms with Gasteiger partial charge in [-0.15, -0.1) is 11.8 Å². The van der Waals surface area contributed by atoms with Gasteiger partial charge in [-0.3, -0.25) is 10.3 Å². The lowest BCUT2D eigenvalue weighted by molar-refractivity contribution is 0.146. The van der Waals surface area contributed by atoms with E-state index >= 15 is 0 Å². The summed E-state index contributed by atoms with van der Waals surface area (Å²) in [5.41, 5.74) is 7.73. The third kappa shape index (κ3) is 22.0. The van der Waals surface area contributed by atoms with Crippen LogP contribution in [0.3, 0.4) is 0 Å². The second-order valence-electron chi connectivity index (χ2n) is 17.7. The van der Waals surface area contributed by atoms with Crippen LogP contribution in [-0.4, -0.2) is 142 Å². The van der Waals surface area contributed by atoms with Gasteiger partial charge in [0.25, 0.3) is 0 Å². The number of nitrogens with one attached hydrogen (secondary N) is 8. The van der Waals surface area contributed by atoms with Gasteiger partial charge in [-0.05, 0) is 103 Å². The zero-order valence-corrected chi connectivity index (χ0v) is 40.6. The number of thioether (sulfide) groups is 1. The number of unbranched alkanes of at least 4 members (excludes halogenated alkanes) is 6. The molecule has 1 aliphatic heterocycles. The number of amides is 5. The number of carbonyl (C=O) groups is 3. The first kappa shape index (κ1) is 53.7. The van der Waals surface area contributed by atoms with E-state index < -0.39 is 0 Å². The van der Waals surface area contributed by atoms with Crippen molar-refractivity contribution in [2.24, 2.45) is 5.73 Å². The first-order chi connectivity index (χ1) is 31.4. The van der Waals surface area contributed by atoms with Gasteiger partial charge in [-0.25, -0.2) is 14.4 Å². The lowest BCUT2D eigenvalue weighted by Crippen LogP contribution is -2.53. The SMILES string of the molecule is CCN(CCCNCN(CC)C(=O)NCCCCCCNC(=O)OCCCSc1cc2nc(c1)CN[C@@H]1CCCC[C@@H]1NCCN[C@@H]1CCCC[C@@H]1NC2)C(=O)NCCCCCCN. The molecule has 10 N–H and O–H groups in total. The fourth-order valence-corrected chi connectivity index (χ4v) is 9.88. The van der Waals surface area contributed by atoms with Crippen molar-refractivity contribution in [3.05, 3.63) is 23.5 Å². The summed E-state index contributed by atoms with van der Waals surface area (Å²) < 4.78 is 5.50. The molecule has 17 heteroatoms. The van der Waals surface area contributed by atoms with Crippen LogP contribution in [0.1, 0.15) is 141 Å². The zero-order chi connectivity index (χ0) is 45.5. The van der Waals surface area contributed by atoms with Crippen LogP contribution in [0.2, 0.25) is 0 Å². The summed E-state index contributed by atoms with van der Waals surface area (Å²) >= 11 is 1.81. The lowest BCUT2D eigenvalue weighted by atomic mass is 9.89. The van der Waals surface area contributed by atoms with Crippen molar-refractivity contribution in [2.45, 2.75) is 172 Å². The number of rotatable bonds is 26. The summed E-state index contributed by atoms with van der Waals surface area (Å²) in [6, 6.07) is 6.31. The van der Waals surface area contributed by atoms with E-state index in [1.807, 2.05) is 30.5 Å². The van der Waals surface area contributed by atoms with Crippen molar-refractivity contribution in [3.63, 3.8) is 0 Å². The largest absolute Gasteiger partial charge is 0.450 e. The Morgan fingerprint density at radius 1 is 0.672 bits per heavy atom. The van der Waals surface area contributed by atoms with Crippen molar-refractivity contribution in [2.75, 3.05) is 84.5 Å². The molecule has 2 aliphatic carbocycles. The molecule has 1 aromatic rings. The highest BCUT2D eigenvalue weighted by Gasteiger charge is 2.27. The number of nitrogens with zero attached hydrogens (tertiary/aromatic N) is 3. The summed E-state index contributed by atoms with van der Waals surface area (Å²) in [5, 5.41) is 27.7. The van der Waals surface area contributed by atoms with Gasteiger partial charge in [0.05, 0.1) is 24.7 Å². The van der Waals surface area contributed by atoms with E-state index in [2.05, 4.69) is 54.7 Å². The van der Waals surface area contributed by atoms with Crippen molar-refractivity contribution in [1.29, 1.82) is 0 Å². The standard InChI is InChI=1S/C47H88N12O4S/c1-3-58(45(60)52-25-14-6-5-13-23-48)30-17-24-49-37-59(4-2)46(61)53-26-15-7-8-16-27-54-47(62)63-31-18-32-64-40-33-38-35-55-43-21-11-9-19-41(43)50-28-29-51-42-20-10-12-22-44(42)56-36-39(34-40)57-38/h33-34,41-44,49-51,55-56H,3-32,35-37,48H2,1-2H3,(H,52,60)(H,53,61)(H,54,62)/t41-,42+,43+,44-. The summed E-state index contributed by atoms with van der Waals surface area (Å²) in [6.45, 7) is 13.6. The Kier molecular flexibility index (Phi) is 28.1. The van der Waals surface area contributed by atoms with Gasteiger partial charge >= 0.3 is 18.2 Å². The van der Waals surface area contributed by atoms with Crippen LogP contribution in [0.4, 0.5) is 14.4 Å². The van der Waals surface area contributed by atoms with Crippen molar-refractivity contribution in [1.82, 2.24) is 57.3 Å². The van der Waals surface area contributed by atoms with Crippen molar-refractivity contribution >= 4 is 29.9 Å². The molecular formula is C47H88N12O4S. The number of ether oxygens (including phenoxy) is 1. The van der Waals surface area contributed by atoms with E-state index in [-0.39, 0.29) is 18.2 Å². The number of fused-ring (bicyclic) bond motifs is 4. The minimum absolute atomic E-state index is 0.0147. The average molecular weight is 917 g/mol. The molecule has 5 amide bonds. The molecule has 0 aromatic carbocycles. The zero-order valence-electron chi connectivity index (χ0n) is 39.8. The first-order valence-electron chi connectivity index (χ1n) is 25.3. The number of pyridine rings is 1.